The lowest BCUT2D eigenvalue weighted by Crippen LogP contribution is -2.28. The van der Waals surface area contributed by atoms with E-state index in [0.717, 1.165) is 18.5 Å². The van der Waals surface area contributed by atoms with Crippen molar-refractivity contribution in [2.45, 2.75) is 25.3 Å². The van der Waals surface area contributed by atoms with Crippen LogP contribution in [-0.4, -0.2) is 25.4 Å². The lowest BCUT2D eigenvalue weighted by Gasteiger charge is -2.21. The van der Waals surface area contributed by atoms with Gasteiger partial charge in [0.1, 0.15) is 0 Å². The molecule has 0 amide bonds. The Hall–Kier alpha value is 0.0249. The molecule has 1 heterocycles. The molecule has 2 rings (SSSR count). The van der Waals surface area contributed by atoms with Crippen LogP contribution < -0.4 is 0 Å². The van der Waals surface area contributed by atoms with Crippen molar-refractivity contribution in [2.24, 2.45) is 5.92 Å². The zero-order valence-corrected chi connectivity index (χ0v) is 5.01. The van der Waals surface area contributed by atoms with Crippen LogP contribution in [0.15, 0.2) is 0 Å². The van der Waals surface area contributed by atoms with Crippen LogP contribution in [0.4, 0.5) is 0 Å². The lowest BCUT2D eigenvalue weighted by molar-refractivity contribution is 0.353. The molecule has 2 aliphatic rings. The van der Waals surface area contributed by atoms with Gasteiger partial charge in [0.2, 0.25) is 0 Å². The van der Waals surface area contributed by atoms with E-state index in [2.05, 4.69) is 0 Å². The summed E-state index contributed by atoms with van der Waals surface area (Å²) in [4.78, 5) is 2.01. The van der Waals surface area contributed by atoms with Crippen LogP contribution in [0, 0.1) is 5.92 Å². The minimum atomic E-state index is 0.750. The maximum atomic E-state index is 5.65. The highest BCUT2D eigenvalue weighted by Crippen LogP contribution is 2.35. The van der Waals surface area contributed by atoms with Crippen molar-refractivity contribution in [3.63, 3.8) is 0 Å². The smallest absolute Gasteiger partial charge is 0.182 e. The fourth-order valence-corrected chi connectivity index (χ4v) is 1.96. The summed E-state index contributed by atoms with van der Waals surface area (Å²) in [7, 11) is 5.65. The summed E-state index contributed by atoms with van der Waals surface area (Å²) in [5.41, 5.74) is 0. The summed E-state index contributed by atoms with van der Waals surface area (Å²) < 4.78 is 0. The van der Waals surface area contributed by atoms with E-state index in [1.54, 1.807) is 0 Å². The number of piperidine rings is 1. The predicted molar refractivity (Wildman–Crippen MR) is 33.6 cm³/mol. The van der Waals surface area contributed by atoms with Crippen molar-refractivity contribution in [3.8, 4) is 0 Å². The molecule has 2 atom stereocenters. The molecule has 8 heavy (non-hydrogen) atoms. The highest BCUT2D eigenvalue weighted by atomic mass is 15.1. The molecule has 1 aliphatic heterocycles. The second-order valence-electron chi connectivity index (χ2n) is 3.03. The zero-order chi connectivity index (χ0) is 5.56. The molecule has 1 aliphatic carbocycles. The van der Waals surface area contributed by atoms with Gasteiger partial charge >= 0.3 is 0 Å². The summed E-state index contributed by atoms with van der Waals surface area (Å²) in [6.07, 6.45) is 4.15. The van der Waals surface area contributed by atoms with Gasteiger partial charge in [-0.15, -0.1) is 0 Å². The van der Waals surface area contributed by atoms with Crippen LogP contribution in [0.2, 0.25) is 0 Å². The van der Waals surface area contributed by atoms with Gasteiger partial charge in [-0.05, 0) is 37.8 Å². The monoisotopic (exact) mass is 107 g/mol. The molecular formula is C6H10BN. The Labute approximate surface area is 51.5 Å². The largest absolute Gasteiger partial charge is 0.351 e. The van der Waals surface area contributed by atoms with Gasteiger partial charge in [0, 0.05) is 0 Å². The molecule has 2 unspecified atom stereocenters. The zero-order valence-electron chi connectivity index (χ0n) is 5.01. The minimum Gasteiger partial charge on any atom is -0.351 e. The van der Waals surface area contributed by atoms with Gasteiger partial charge < -0.3 is 4.81 Å². The molecule has 1 saturated heterocycles. The Balaban J connectivity index is 2.11. The van der Waals surface area contributed by atoms with Gasteiger partial charge in [0.05, 0.1) is 0 Å². The fraction of sp³-hybridized carbons (Fsp3) is 1.00. The van der Waals surface area contributed by atoms with E-state index in [0.29, 0.717) is 0 Å². The molecule has 42 valence electrons. The molecule has 2 fully saturated rings. The molecule has 1 saturated carbocycles. The Morgan fingerprint density at radius 3 is 2.50 bits per heavy atom. The first kappa shape index (κ1) is 4.86. The molecule has 0 aromatic rings. The summed E-state index contributed by atoms with van der Waals surface area (Å²) >= 11 is 0. The molecule has 0 aromatic heterocycles. The minimum absolute atomic E-state index is 0.750. The molecule has 0 N–H and O–H groups in total. The highest BCUT2D eigenvalue weighted by molar-refractivity contribution is 6.04. The Bertz CT molecular complexity index is 103. The van der Waals surface area contributed by atoms with Crippen LogP contribution in [0.1, 0.15) is 19.3 Å². The molecule has 0 aromatic carbocycles. The van der Waals surface area contributed by atoms with Crippen molar-refractivity contribution in [2.75, 3.05) is 6.54 Å². The van der Waals surface area contributed by atoms with Crippen molar-refractivity contribution in [3.05, 3.63) is 0 Å². The molecular weight excluding hydrogens is 96.9 g/mol. The van der Waals surface area contributed by atoms with Crippen molar-refractivity contribution >= 4 is 7.98 Å². The van der Waals surface area contributed by atoms with Crippen LogP contribution >= 0.6 is 0 Å². The Morgan fingerprint density at radius 2 is 2.25 bits per heavy atom. The first-order valence-electron chi connectivity index (χ1n) is 3.37. The third kappa shape index (κ3) is 0.525. The topological polar surface area (TPSA) is 3.24 Å². The standard InChI is InChI=1S/C6H10BN/c7-8-4-5-1-2-6(8)3-5/h5-6H,1-4H2. The average molecular weight is 107 g/mol. The van der Waals surface area contributed by atoms with Crippen molar-refractivity contribution in [1.29, 1.82) is 0 Å². The van der Waals surface area contributed by atoms with Crippen LogP contribution in [-0.2, 0) is 0 Å². The molecule has 2 radical (unpaired) electrons. The lowest BCUT2D eigenvalue weighted by atomic mass is 10.1. The third-order valence-electron chi connectivity index (χ3n) is 2.45. The van der Waals surface area contributed by atoms with E-state index in [1.165, 1.54) is 19.3 Å². The summed E-state index contributed by atoms with van der Waals surface area (Å²) in [5.74, 6) is 0.949. The second-order valence-corrected chi connectivity index (χ2v) is 3.03. The van der Waals surface area contributed by atoms with Gasteiger partial charge in [-0.3, -0.25) is 0 Å². The Morgan fingerprint density at radius 1 is 1.38 bits per heavy atom. The summed E-state index contributed by atoms with van der Waals surface area (Å²) in [5, 5.41) is 0. The van der Waals surface area contributed by atoms with E-state index < -0.39 is 0 Å². The normalized spacial score (nSPS) is 46.0. The van der Waals surface area contributed by atoms with Crippen LogP contribution in [0.5, 0.6) is 0 Å². The third-order valence-corrected chi connectivity index (χ3v) is 2.45. The van der Waals surface area contributed by atoms with Crippen LogP contribution in [0.3, 0.4) is 0 Å². The number of hydrogen-bond donors (Lipinski definition) is 0. The van der Waals surface area contributed by atoms with Crippen LogP contribution in [0.25, 0.3) is 0 Å². The molecule has 1 nitrogen and oxygen atoms in total. The number of rotatable bonds is 0. The van der Waals surface area contributed by atoms with E-state index >= 15 is 0 Å². The highest BCUT2D eigenvalue weighted by Gasteiger charge is 2.34. The summed E-state index contributed by atoms with van der Waals surface area (Å²) in [6, 6.07) is 0.750. The van der Waals surface area contributed by atoms with Crippen molar-refractivity contribution < 1.29 is 0 Å². The average Bonchev–Trinajstić information content (AvgIpc) is 2.23. The number of fused-ring (bicyclic) bond motifs is 2. The first-order chi connectivity index (χ1) is 3.86. The molecule has 2 heteroatoms. The van der Waals surface area contributed by atoms with E-state index in [1.807, 2.05) is 4.81 Å². The maximum absolute atomic E-state index is 5.65. The van der Waals surface area contributed by atoms with Gasteiger partial charge in [0.25, 0.3) is 0 Å². The maximum Gasteiger partial charge on any atom is 0.182 e. The van der Waals surface area contributed by atoms with Gasteiger partial charge in [-0.1, -0.05) is 0 Å². The predicted octanol–water partition coefficient (Wildman–Crippen LogP) is 0.554. The first-order valence-corrected chi connectivity index (χ1v) is 3.37. The van der Waals surface area contributed by atoms with Gasteiger partial charge in [-0.2, -0.15) is 0 Å². The SMILES string of the molecule is [B]N1CC2CCC1C2. The van der Waals surface area contributed by atoms with Gasteiger partial charge in [0.15, 0.2) is 7.98 Å². The van der Waals surface area contributed by atoms with E-state index in [9.17, 15) is 0 Å². The summed E-state index contributed by atoms with van der Waals surface area (Å²) in [6.45, 7) is 1.16. The van der Waals surface area contributed by atoms with E-state index in [4.69, 9.17) is 7.98 Å². The second kappa shape index (κ2) is 1.50. The molecule has 2 bridgehead atoms. The number of hydrogen-bond acceptors (Lipinski definition) is 1. The van der Waals surface area contributed by atoms with E-state index in [-0.39, 0.29) is 0 Å². The van der Waals surface area contributed by atoms with Crippen molar-refractivity contribution in [1.82, 2.24) is 4.81 Å². The Kier molecular flexibility index (Phi) is 0.914. The molecule has 0 spiro atoms. The van der Waals surface area contributed by atoms with Gasteiger partial charge in [-0.25, -0.2) is 0 Å². The fourth-order valence-electron chi connectivity index (χ4n) is 1.96. The quantitative estimate of drug-likeness (QED) is 0.408. The number of nitrogens with zero attached hydrogens (tertiary/aromatic N) is 1.